The summed E-state index contributed by atoms with van der Waals surface area (Å²) >= 11 is 0. The number of aromatic amines is 1. The van der Waals surface area contributed by atoms with E-state index in [-0.39, 0.29) is 17.4 Å². The summed E-state index contributed by atoms with van der Waals surface area (Å²) in [5, 5.41) is 3.78. The van der Waals surface area contributed by atoms with Gasteiger partial charge in [-0.25, -0.2) is 15.0 Å². The number of fused-ring (bicyclic) bond motifs is 1. The molecule has 0 aliphatic carbocycles. The topological polar surface area (TPSA) is 96.6 Å². The molecule has 0 spiro atoms. The number of anilines is 1. The number of aromatic nitrogens is 6. The molecular formula is C14H14F3N7O. The van der Waals surface area contributed by atoms with Gasteiger partial charge in [0.1, 0.15) is 5.52 Å². The molecule has 1 saturated heterocycles. The number of imidazole rings is 1. The van der Waals surface area contributed by atoms with E-state index in [1.54, 1.807) is 11.8 Å². The van der Waals surface area contributed by atoms with Gasteiger partial charge in [0.05, 0.1) is 6.33 Å². The summed E-state index contributed by atoms with van der Waals surface area (Å²) in [6.45, 7) is 2.79. The zero-order chi connectivity index (χ0) is 17.6. The molecule has 1 aliphatic heterocycles. The van der Waals surface area contributed by atoms with E-state index < -0.39 is 12.0 Å². The summed E-state index contributed by atoms with van der Waals surface area (Å²) in [5.74, 6) is 0.273. The van der Waals surface area contributed by atoms with Crippen LogP contribution >= 0.6 is 0 Å². The Balaban J connectivity index is 1.61. The Morgan fingerprint density at radius 1 is 1.20 bits per heavy atom. The molecule has 4 rings (SSSR count). The van der Waals surface area contributed by atoms with Crippen LogP contribution in [0.5, 0.6) is 0 Å². The van der Waals surface area contributed by atoms with Gasteiger partial charge < -0.3 is 14.4 Å². The van der Waals surface area contributed by atoms with Crippen molar-refractivity contribution in [2.75, 3.05) is 18.0 Å². The molecule has 11 heteroatoms. The van der Waals surface area contributed by atoms with E-state index in [0.29, 0.717) is 43.2 Å². The molecule has 0 bridgehead atoms. The van der Waals surface area contributed by atoms with E-state index in [1.807, 2.05) is 0 Å². The number of halogens is 3. The lowest BCUT2D eigenvalue weighted by atomic mass is 9.97. The first-order chi connectivity index (χ1) is 11.9. The van der Waals surface area contributed by atoms with Gasteiger partial charge in [-0.2, -0.15) is 18.2 Å². The monoisotopic (exact) mass is 353 g/mol. The number of alkyl halides is 3. The minimum atomic E-state index is -4.62. The molecule has 132 valence electrons. The van der Waals surface area contributed by atoms with Crippen LogP contribution in [-0.4, -0.2) is 43.2 Å². The summed E-state index contributed by atoms with van der Waals surface area (Å²) < 4.78 is 44.3. The average Bonchev–Trinajstić information content (AvgIpc) is 3.22. The second kappa shape index (κ2) is 5.67. The Hall–Kier alpha value is -2.72. The lowest BCUT2D eigenvalue weighted by Crippen LogP contribution is -2.34. The van der Waals surface area contributed by atoms with Gasteiger partial charge >= 0.3 is 6.18 Å². The van der Waals surface area contributed by atoms with Crippen LogP contribution in [0.25, 0.3) is 11.2 Å². The van der Waals surface area contributed by atoms with Crippen LogP contribution in [0.3, 0.4) is 0 Å². The normalized spacial score (nSPS) is 16.7. The minimum Gasteiger partial charge on any atom is -0.355 e. The first kappa shape index (κ1) is 15.8. The summed E-state index contributed by atoms with van der Waals surface area (Å²) in [6, 6.07) is 0. The zero-order valence-electron chi connectivity index (χ0n) is 13.2. The fourth-order valence-corrected chi connectivity index (χ4v) is 2.99. The van der Waals surface area contributed by atoms with E-state index in [0.717, 1.165) is 0 Å². The Bertz CT molecular complexity index is 895. The van der Waals surface area contributed by atoms with Crippen molar-refractivity contribution in [3.63, 3.8) is 0 Å². The Morgan fingerprint density at radius 2 is 1.96 bits per heavy atom. The Labute approximate surface area is 139 Å². The van der Waals surface area contributed by atoms with E-state index in [2.05, 4.69) is 30.1 Å². The van der Waals surface area contributed by atoms with Crippen LogP contribution in [0.4, 0.5) is 19.0 Å². The molecule has 3 aromatic rings. The van der Waals surface area contributed by atoms with E-state index in [1.165, 1.54) is 6.33 Å². The van der Waals surface area contributed by atoms with Crippen molar-refractivity contribution >= 4 is 17.0 Å². The number of aryl methyl sites for hydroxylation is 1. The number of nitrogens with one attached hydrogen (secondary N) is 1. The quantitative estimate of drug-likeness (QED) is 0.756. The Kier molecular flexibility index (Phi) is 3.58. The van der Waals surface area contributed by atoms with Gasteiger partial charge in [-0.15, -0.1) is 0 Å². The average molecular weight is 353 g/mol. The highest BCUT2D eigenvalue weighted by molar-refractivity contribution is 5.83. The summed E-state index contributed by atoms with van der Waals surface area (Å²) in [6.07, 6.45) is -1.94. The number of hydrogen-bond donors (Lipinski definition) is 1. The van der Waals surface area contributed by atoms with E-state index in [9.17, 15) is 13.2 Å². The largest absolute Gasteiger partial charge is 0.451 e. The Morgan fingerprint density at radius 3 is 2.60 bits per heavy atom. The maximum Gasteiger partial charge on any atom is 0.451 e. The van der Waals surface area contributed by atoms with Gasteiger partial charge in [0, 0.05) is 19.0 Å². The zero-order valence-corrected chi connectivity index (χ0v) is 13.2. The van der Waals surface area contributed by atoms with Crippen molar-refractivity contribution in [2.45, 2.75) is 31.9 Å². The van der Waals surface area contributed by atoms with Gasteiger partial charge in [-0.1, -0.05) is 5.16 Å². The molecule has 0 amide bonds. The number of H-pyrrole nitrogens is 1. The van der Waals surface area contributed by atoms with Crippen LogP contribution < -0.4 is 4.90 Å². The lowest BCUT2D eigenvalue weighted by Gasteiger charge is -2.31. The first-order valence-corrected chi connectivity index (χ1v) is 7.75. The van der Waals surface area contributed by atoms with Crippen LogP contribution in [0.15, 0.2) is 10.9 Å². The van der Waals surface area contributed by atoms with Crippen molar-refractivity contribution in [1.29, 1.82) is 0 Å². The molecule has 0 aromatic carbocycles. The molecule has 8 nitrogen and oxygen atoms in total. The van der Waals surface area contributed by atoms with Gasteiger partial charge in [-0.3, -0.25) is 0 Å². The predicted molar refractivity (Wildman–Crippen MR) is 79.9 cm³/mol. The third-order valence-electron chi connectivity index (χ3n) is 4.21. The van der Waals surface area contributed by atoms with Gasteiger partial charge in [0.2, 0.25) is 11.7 Å². The van der Waals surface area contributed by atoms with Gasteiger partial charge in [0.15, 0.2) is 17.3 Å². The first-order valence-electron chi connectivity index (χ1n) is 7.75. The SMILES string of the molecule is Cc1noc(C2CCN(c3nc(C(F)(F)F)nc4nc[nH]c34)CC2)n1. The number of hydrogen-bond acceptors (Lipinski definition) is 7. The highest BCUT2D eigenvalue weighted by Crippen LogP contribution is 2.34. The van der Waals surface area contributed by atoms with E-state index in [4.69, 9.17) is 4.52 Å². The molecule has 1 aliphatic rings. The maximum atomic E-state index is 13.0. The molecular weight excluding hydrogens is 339 g/mol. The highest BCUT2D eigenvalue weighted by Gasteiger charge is 2.37. The second-order valence-corrected chi connectivity index (χ2v) is 5.91. The molecule has 25 heavy (non-hydrogen) atoms. The number of nitrogens with zero attached hydrogens (tertiary/aromatic N) is 6. The molecule has 1 fully saturated rings. The fourth-order valence-electron chi connectivity index (χ4n) is 2.99. The van der Waals surface area contributed by atoms with Gasteiger partial charge in [0.25, 0.3) is 0 Å². The minimum absolute atomic E-state index is 0.00646. The van der Waals surface area contributed by atoms with Crippen LogP contribution in [0.2, 0.25) is 0 Å². The molecule has 3 aromatic heterocycles. The highest BCUT2D eigenvalue weighted by atomic mass is 19.4. The summed E-state index contributed by atoms with van der Waals surface area (Å²) in [5.41, 5.74) is 0.409. The molecule has 4 heterocycles. The summed E-state index contributed by atoms with van der Waals surface area (Å²) in [7, 11) is 0. The predicted octanol–water partition coefficient (Wildman–Crippen LogP) is 2.45. The third kappa shape index (κ3) is 2.89. The number of rotatable bonds is 2. The third-order valence-corrected chi connectivity index (χ3v) is 4.21. The van der Waals surface area contributed by atoms with Gasteiger partial charge in [-0.05, 0) is 19.8 Å². The molecule has 0 unspecified atom stereocenters. The standard InChI is InChI=1S/C14H14F3N7O/c1-7-20-12(25-23-7)8-2-4-24(5-3-8)11-9-10(19-6-18-9)21-13(22-11)14(15,16)17/h6,8H,2-5H2,1H3,(H,18,19,21,22). The molecule has 0 radical (unpaired) electrons. The molecule has 0 saturated carbocycles. The van der Waals surface area contributed by atoms with Crippen molar-refractivity contribution in [2.24, 2.45) is 0 Å². The molecule has 1 N–H and O–H groups in total. The summed E-state index contributed by atoms with van der Waals surface area (Å²) in [4.78, 5) is 19.9. The maximum absolute atomic E-state index is 13.0. The van der Waals surface area contributed by atoms with Crippen molar-refractivity contribution < 1.29 is 17.7 Å². The van der Waals surface area contributed by atoms with Crippen LogP contribution in [-0.2, 0) is 6.18 Å². The second-order valence-electron chi connectivity index (χ2n) is 5.91. The van der Waals surface area contributed by atoms with Crippen LogP contribution in [0, 0.1) is 6.92 Å². The van der Waals surface area contributed by atoms with E-state index >= 15 is 0 Å². The fraction of sp³-hybridized carbons (Fsp3) is 0.500. The van der Waals surface area contributed by atoms with Crippen molar-refractivity contribution in [3.05, 3.63) is 23.9 Å². The smallest absolute Gasteiger partial charge is 0.355 e. The lowest BCUT2D eigenvalue weighted by molar-refractivity contribution is -0.144. The molecule has 0 atom stereocenters. The van der Waals surface area contributed by atoms with Crippen molar-refractivity contribution in [3.8, 4) is 0 Å². The number of piperidine rings is 1. The van der Waals surface area contributed by atoms with Crippen LogP contribution in [0.1, 0.15) is 36.3 Å². The van der Waals surface area contributed by atoms with Crippen molar-refractivity contribution in [1.82, 2.24) is 30.1 Å².